The van der Waals surface area contributed by atoms with Gasteiger partial charge in [-0.15, -0.1) is 11.3 Å². The van der Waals surface area contributed by atoms with Gasteiger partial charge in [0.1, 0.15) is 5.75 Å². The number of hydrogen-bond acceptors (Lipinski definition) is 4. The van der Waals surface area contributed by atoms with E-state index in [1.807, 2.05) is 24.4 Å². The van der Waals surface area contributed by atoms with E-state index in [0.29, 0.717) is 23.1 Å². The molecule has 0 atom stereocenters. The molecule has 0 aliphatic heterocycles. The van der Waals surface area contributed by atoms with Crippen LogP contribution in [0, 0.1) is 0 Å². The average molecular weight is 378 g/mol. The van der Waals surface area contributed by atoms with Gasteiger partial charge < -0.3 is 4.74 Å². The molecule has 4 nitrogen and oxygen atoms in total. The smallest absolute Gasteiger partial charge is 0.261 e. The number of nitrogens with one attached hydrogen (secondary N) is 1. The number of fused-ring (bicyclic) bond motifs is 1. The molecular formula is C22H22N2O2S. The van der Waals surface area contributed by atoms with Crippen LogP contribution in [0.1, 0.15) is 41.3 Å². The van der Waals surface area contributed by atoms with Gasteiger partial charge in [0.15, 0.2) is 5.13 Å². The minimum absolute atomic E-state index is 0.203. The zero-order valence-electron chi connectivity index (χ0n) is 15.3. The van der Waals surface area contributed by atoms with Crippen LogP contribution in [0.3, 0.4) is 0 Å². The summed E-state index contributed by atoms with van der Waals surface area (Å²) < 4.78 is 5.55. The number of aryl methyl sites for hydroxylation is 2. The maximum Gasteiger partial charge on any atom is 0.261 e. The highest BCUT2D eigenvalue weighted by atomic mass is 32.1. The molecule has 0 spiro atoms. The fraction of sp³-hybridized carbons (Fsp3) is 0.273. The van der Waals surface area contributed by atoms with Crippen molar-refractivity contribution in [1.82, 2.24) is 4.98 Å². The number of carbonyl (C=O) groups excluding carboxylic acids is 1. The zero-order chi connectivity index (χ0) is 18.6. The topological polar surface area (TPSA) is 51.2 Å². The first-order chi connectivity index (χ1) is 13.2. The quantitative estimate of drug-likeness (QED) is 0.652. The van der Waals surface area contributed by atoms with Gasteiger partial charge in [-0.3, -0.25) is 10.1 Å². The highest BCUT2D eigenvalue weighted by molar-refractivity contribution is 7.14. The van der Waals surface area contributed by atoms with E-state index in [1.54, 1.807) is 12.1 Å². The molecule has 0 radical (unpaired) electrons. The summed E-state index contributed by atoms with van der Waals surface area (Å²) in [5.41, 5.74) is 5.43. The first-order valence-electron chi connectivity index (χ1n) is 9.35. The van der Waals surface area contributed by atoms with E-state index in [-0.39, 0.29) is 5.91 Å². The molecule has 27 heavy (non-hydrogen) atoms. The summed E-state index contributed by atoms with van der Waals surface area (Å²) in [6, 6.07) is 13.9. The van der Waals surface area contributed by atoms with Crippen molar-refractivity contribution in [3.63, 3.8) is 0 Å². The zero-order valence-corrected chi connectivity index (χ0v) is 16.1. The van der Waals surface area contributed by atoms with Crippen LogP contribution in [-0.2, 0) is 12.8 Å². The van der Waals surface area contributed by atoms with E-state index in [9.17, 15) is 4.79 Å². The van der Waals surface area contributed by atoms with E-state index in [2.05, 4.69) is 28.5 Å². The lowest BCUT2D eigenvalue weighted by atomic mass is 9.90. The maximum absolute atomic E-state index is 12.6. The summed E-state index contributed by atoms with van der Waals surface area (Å²) in [4.78, 5) is 17.2. The molecule has 1 heterocycles. The summed E-state index contributed by atoms with van der Waals surface area (Å²) in [6.07, 6.45) is 4.86. The number of nitrogens with zero attached hydrogens (tertiary/aromatic N) is 1. The lowest BCUT2D eigenvalue weighted by Gasteiger charge is -2.16. The molecule has 0 unspecified atom stereocenters. The third-order valence-electron chi connectivity index (χ3n) is 4.80. The number of carbonyl (C=O) groups is 1. The van der Waals surface area contributed by atoms with Crippen LogP contribution in [-0.4, -0.2) is 17.5 Å². The van der Waals surface area contributed by atoms with Gasteiger partial charge in [-0.05, 0) is 61.9 Å². The Labute approximate surface area is 163 Å². The van der Waals surface area contributed by atoms with Gasteiger partial charge in [-0.25, -0.2) is 4.98 Å². The lowest BCUT2D eigenvalue weighted by Crippen LogP contribution is -2.13. The fourth-order valence-electron chi connectivity index (χ4n) is 3.46. The van der Waals surface area contributed by atoms with Crippen LogP contribution in [0.2, 0.25) is 0 Å². The number of para-hydroxylation sites is 1. The molecule has 3 aromatic rings. The maximum atomic E-state index is 12.6. The molecule has 138 valence electrons. The van der Waals surface area contributed by atoms with Gasteiger partial charge in [-0.1, -0.05) is 24.3 Å². The molecule has 0 saturated carbocycles. The molecule has 0 saturated heterocycles. The van der Waals surface area contributed by atoms with Gasteiger partial charge in [0.2, 0.25) is 0 Å². The second-order valence-electron chi connectivity index (χ2n) is 6.61. The summed E-state index contributed by atoms with van der Waals surface area (Å²) in [7, 11) is 0. The third-order valence-corrected chi connectivity index (χ3v) is 5.56. The van der Waals surface area contributed by atoms with Crippen LogP contribution in [0.25, 0.3) is 11.3 Å². The molecule has 4 rings (SSSR count). The first kappa shape index (κ1) is 17.7. The van der Waals surface area contributed by atoms with Gasteiger partial charge >= 0.3 is 0 Å². The molecule has 1 amide bonds. The Morgan fingerprint density at radius 2 is 1.96 bits per heavy atom. The van der Waals surface area contributed by atoms with E-state index >= 15 is 0 Å². The number of hydrogen-bond donors (Lipinski definition) is 1. The van der Waals surface area contributed by atoms with Crippen molar-refractivity contribution in [2.75, 3.05) is 11.9 Å². The number of aromatic nitrogens is 1. The Kier molecular flexibility index (Phi) is 5.21. The van der Waals surface area contributed by atoms with Crippen molar-refractivity contribution >= 4 is 22.4 Å². The second-order valence-corrected chi connectivity index (χ2v) is 7.47. The van der Waals surface area contributed by atoms with Crippen LogP contribution >= 0.6 is 11.3 Å². The van der Waals surface area contributed by atoms with Gasteiger partial charge in [0.25, 0.3) is 5.91 Å². The predicted molar refractivity (Wildman–Crippen MR) is 110 cm³/mol. The normalized spacial score (nSPS) is 13.1. The molecule has 0 bridgehead atoms. The van der Waals surface area contributed by atoms with E-state index < -0.39 is 0 Å². The molecule has 2 aromatic carbocycles. The third kappa shape index (κ3) is 3.88. The Balaban J connectivity index is 1.52. The molecule has 1 aliphatic carbocycles. The van der Waals surface area contributed by atoms with Crippen molar-refractivity contribution < 1.29 is 9.53 Å². The van der Waals surface area contributed by atoms with Crippen LogP contribution in [0.4, 0.5) is 5.13 Å². The van der Waals surface area contributed by atoms with Crippen molar-refractivity contribution in [3.05, 3.63) is 64.5 Å². The van der Waals surface area contributed by atoms with Crippen LogP contribution in [0.15, 0.2) is 47.8 Å². The highest BCUT2D eigenvalue weighted by Crippen LogP contribution is 2.30. The molecule has 1 aliphatic rings. The van der Waals surface area contributed by atoms with Gasteiger partial charge in [0, 0.05) is 10.9 Å². The molecule has 0 fully saturated rings. The number of ether oxygens (including phenoxy) is 1. The van der Waals surface area contributed by atoms with E-state index in [4.69, 9.17) is 4.74 Å². The fourth-order valence-corrected chi connectivity index (χ4v) is 4.17. The minimum atomic E-state index is -0.203. The Morgan fingerprint density at radius 3 is 2.81 bits per heavy atom. The summed E-state index contributed by atoms with van der Waals surface area (Å²) in [6.45, 7) is 2.42. The predicted octanol–water partition coefficient (Wildman–Crippen LogP) is 5.34. The van der Waals surface area contributed by atoms with Crippen molar-refractivity contribution in [2.24, 2.45) is 0 Å². The number of amides is 1. The largest absolute Gasteiger partial charge is 0.493 e. The summed E-state index contributed by atoms with van der Waals surface area (Å²) in [5, 5.41) is 5.49. The number of anilines is 1. The highest BCUT2D eigenvalue weighted by Gasteiger charge is 2.15. The number of thiazole rings is 1. The Hall–Kier alpha value is -2.66. The Morgan fingerprint density at radius 1 is 1.15 bits per heavy atom. The molecule has 1 N–H and O–H groups in total. The van der Waals surface area contributed by atoms with Gasteiger partial charge in [-0.2, -0.15) is 0 Å². The number of rotatable bonds is 5. The van der Waals surface area contributed by atoms with E-state index in [0.717, 1.165) is 17.7 Å². The van der Waals surface area contributed by atoms with Gasteiger partial charge in [0.05, 0.1) is 17.9 Å². The first-order valence-corrected chi connectivity index (χ1v) is 10.2. The van der Waals surface area contributed by atoms with Crippen LogP contribution in [0.5, 0.6) is 5.75 Å². The molecular weight excluding hydrogens is 356 g/mol. The Bertz CT molecular complexity index is 964. The van der Waals surface area contributed by atoms with Crippen LogP contribution < -0.4 is 10.1 Å². The van der Waals surface area contributed by atoms with Crippen molar-refractivity contribution in [2.45, 2.75) is 32.6 Å². The van der Waals surface area contributed by atoms with Crippen molar-refractivity contribution in [3.8, 4) is 17.0 Å². The van der Waals surface area contributed by atoms with E-state index in [1.165, 1.54) is 41.7 Å². The number of benzene rings is 2. The average Bonchev–Trinajstić information content (AvgIpc) is 3.16. The lowest BCUT2D eigenvalue weighted by molar-refractivity contribution is 0.102. The molecule has 5 heteroatoms. The SMILES string of the molecule is CCOc1ccccc1C(=O)Nc1nc(-c2ccc3c(c2)CCCC3)cs1. The standard InChI is InChI=1S/C22H22N2O2S/c1-2-26-20-10-6-5-9-18(20)21(25)24-22-23-19(14-27-22)17-12-11-15-7-3-4-8-16(15)13-17/h5-6,9-14H,2-4,7-8H2,1H3,(H,23,24,25). The second kappa shape index (κ2) is 7.92. The molecule has 1 aromatic heterocycles. The summed E-state index contributed by atoms with van der Waals surface area (Å²) >= 11 is 1.44. The monoisotopic (exact) mass is 378 g/mol. The summed E-state index contributed by atoms with van der Waals surface area (Å²) in [5.74, 6) is 0.384. The minimum Gasteiger partial charge on any atom is -0.493 e. The van der Waals surface area contributed by atoms with Crippen molar-refractivity contribution in [1.29, 1.82) is 0 Å².